The Hall–Kier alpha value is -1.39. The molecule has 0 aliphatic carbocycles. The highest BCUT2D eigenvalue weighted by Gasteiger charge is 2.33. The molecule has 0 bridgehead atoms. The summed E-state index contributed by atoms with van der Waals surface area (Å²) in [6.45, 7) is 10.0. The summed E-state index contributed by atoms with van der Waals surface area (Å²) in [6, 6.07) is 6.10. The summed E-state index contributed by atoms with van der Waals surface area (Å²) in [7, 11) is 0. The molecule has 2 rings (SSSR count). The van der Waals surface area contributed by atoms with Gasteiger partial charge in [0.2, 0.25) is 5.91 Å². The molecule has 4 nitrogen and oxygen atoms in total. The van der Waals surface area contributed by atoms with Crippen molar-refractivity contribution in [3.05, 3.63) is 29.3 Å². The Morgan fingerprint density at radius 2 is 2.15 bits per heavy atom. The lowest BCUT2D eigenvalue weighted by Crippen LogP contribution is -2.59. The summed E-state index contributed by atoms with van der Waals surface area (Å²) in [6.07, 6.45) is 0. The number of ether oxygens (including phenoxy) is 1. The second-order valence-corrected chi connectivity index (χ2v) is 6.08. The van der Waals surface area contributed by atoms with Crippen LogP contribution in [-0.2, 0) is 9.53 Å². The van der Waals surface area contributed by atoms with Gasteiger partial charge in [0.15, 0.2) is 0 Å². The van der Waals surface area contributed by atoms with Gasteiger partial charge in [0.05, 0.1) is 5.60 Å². The van der Waals surface area contributed by atoms with Crippen LogP contribution in [0.2, 0.25) is 0 Å². The Balaban J connectivity index is 2.00. The third kappa shape index (κ3) is 3.38. The van der Waals surface area contributed by atoms with E-state index in [0.29, 0.717) is 5.92 Å². The van der Waals surface area contributed by atoms with Crippen molar-refractivity contribution in [3.8, 4) is 0 Å². The molecule has 2 N–H and O–H groups in total. The van der Waals surface area contributed by atoms with Crippen molar-refractivity contribution in [1.29, 1.82) is 0 Å². The molecule has 20 heavy (non-hydrogen) atoms. The highest BCUT2D eigenvalue weighted by molar-refractivity contribution is 5.93. The standard InChI is InChI=1S/C16H24N2O2/c1-11(2)13-7-5-6-12(3)15(13)18-14(19)8-20-16(4)9-17-10-16/h5-7,11,17H,8-10H2,1-4H3,(H,18,19). The van der Waals surface area contributed by atoms with E-state index in [0.717, 1.165) is 29.9 Å². The van der Waals surface area contributed by atoms with Crippen LogP contribution in [0, 0.1) is 6.92 Å². The Morgan fingerprint density at radius 1 is 1.45 bits per heavy atom. The van der Waals surface area contributed by atoms with Gasteiger partial charge in [-0.3, -0.25) is 4.79 Å². The van der Waals surface area contributed by atoms with E-state index < -0.39 is 0 Å². The number of anilines is 1. The van der Waals surface area contributed by atoms with Gasteiger partial charge in [0, 0.05) is 18.8 Å². The zero-order chi connectivity index (χ0) is 14.8. The summed E-state index contributed by atoms with van der Waals surface area (Å²) >= 11 is 0. The molecule has 1 aliphatic rings. The van der Waals surface area contributed by atoms with Gasteiger partial charge in [-0.05, 0) is 30.9 Å². The van der Waals surface area contributed by atoms with Crippen LogP contribution >= 0.6 is 0 Å². The quantitative estimate of drug-likeness (QED) is 0.868. The van der Waals surface area contributed by atoms with Gasteiger partial charge < -0.3 is 15.4 Å². The Bertz CT molecular complexity index is 493. The van der Waals surface area contributed by atoms with E-state index in [2.05, 4.69) is 30.5 Å². The Morgan fingerprint density at radius 3 is 2.70 bits per heavy atom. The monoisotopic (exact) mass is 276 g/mol. The number of nitrogens with one attached hydrogen (secondary N) is 2. The Labute approximate surface area is 120 Å². The van der Waals surface area contributed by atoms with Crippen molar-refractivity contribution < 1.29 is 9.53 Å². The highest BCUT2D eigenvalue weighted by Crippen LogP contribution is 2.27. The minimum atomic E-state index is -0.191. The first-order valence-corrected chi connectivity index (χ1v) is 7.15. The molecule has 1 aliphatic heterocycles. The first kappa shape index (κ1) is 15.0. The van der Waals surface area contributed by atoms with Gasteiger partial charge in [0.1, 0.15) is 6.61 Å². The van der Waals surface area contributed by atoms with Crippen molar-refractivity contribution in [1.82, 2.24) is 5.32 Å². The van der Waals surface area contributed by atoms with Crippen LogP contribution in [0.1, 0.15) is 37.8 Å². The average molecular weight is 276 g/mol. The zero-order valence-electron chi connectivity index (χ0n) is 12.7. The average Bonchev–Trinajstić information content (AvgIpc) is 2.36. The molecule has 1 fully saturated rings. The molecule has 1 heterocycles. The van der Waals surface area contributed by atoms with Crippen LogP contribution < -0.4 is 10.6 Å². The highest BCUT2D eigenvalue weighted by atomic mass is 16.5. The van der Waals surface area contributed by atoms with Crippen LogP contribution in [0.15, 0.2) is 18.2 Å². The molecule has 0 saturated carbocycles. The van der Waals surface area contributed by atoms with Gasteiger partial charge in [-0.2, -0.15) is 0 Å². The number of aryl methyl sites for hydroxylation is 1. The van der Waals surface area contributed by atoms with Crippen LogP contribution in [0.5, 0.6) is 0 Å². The predicted octanol–water partition coefficient (Wildman–Crippen LogP) is 2.44. The van der Waals surface area contributed by atoms with E-state index in [1.54, 1.807) is 0 Å². The van der Waals surface area contributed by atoms with Crippen molar-refractivity contribution in [2.45, 2.75) is 39.2 Å². The first-order chi connectivity index (χ1) is 9.41. The van der Waals surface area contributed by atoms with Crippen molar-refractivity contribution in [2.24, 2.45) is 0 Å². The molecule has 0 atom stereocenters. The fraction of sp³-hybridized carbons (Fsp3) is 0.562. The maximum absolute atomic E-state index is 12.1. The van der Waals surface area contributed by atoms with Crippen LogP contribution in [0.3, 0.4) is 0 Å². The number of rotatable bonds is 5. The molecule has 0 unspecified atom stereocenters. The van der Waals surface area contributed by atoms with Gasteiger partial charge >= 0.3 is 0 Å². The molecular formula is C16H24N2O2. The molecule has 1 aromatic rings. The SMILES string of the molecule is Cc1cccc(C(C)C)c1NC(=O)COC1(C)CNC1. The number of carbonyl (C=O) groups excluding carboxylic acids is 1. The topological polar surface area (TPSA) is 50.4 Å². The molecule has 0 aromatic heterocycles. The summed E-state index contributed by atoms with van der Waals surface area (Å²) in [5.41, 5.74) is 2.98. The molecule has 1 aromatic carbocycles. The van der Waals surface area contributed by atoms with E-state index in [-0.39, 0.29) is 18.1 Å². The third-order valence-corrected chi connectivity index (χ3v) is 3.74. The molecule has 1 amide bonds. The normalized spacial score (nSPS) is 16.9. The number of benzene rings is 1. The second kappa shape index (κ2) is 5.94. The first-order valence-electron chi connectivity index (χ1n) is 7.15. The lowest BCUT2D eigenvalue weighted by molar-refractivity contribution is -0.130. The van der Waals surface area contributed by atoms with Gasteiger partial charge in [0.25, 0.3) is 0 Å². The second-order valence-electron chi connectivity index (χ2n) is 6.08. The number of para-hydroxylation sites is 1. The number of amides is 1. The molecule has 1 saturated heterocycles. The molecule has 0 radical (unpaired) electrons. The van der Waals surface area contributed by atoms with E-state index in [9.17, 15) is 4.79 Å². The zero-order valence-corrected chi connectivity index (χ0v) is 12.7. The smallest absolute Gasteiger partial charge is 0.250 e. The van der Waals surface area contributed by atoms with E-state index >= 15 is 0 Å². The van der Waals surface area contributed by atoms with Gasteiger partial charge in [-0.15, -0.1) is 0 Å². The minimum absolute atomic E-state index is 0.0886. The van der Waals surface area contributed by atoms with Gasteiger partial charge in [-0.25, -0.2) is 0 Å². The minimum Gasteiger partial charge on any atom is -0.363 e. The van der Waals surface area contributed by atoms with Crippen LogP contribution in [0.25, 0.3) is 0 Å². The van der Waals surface area contributed by atoms with Crippen LogP contribution in [0.4, 0.5) is 5.69 Å². The number of carbonyl (C=O) groups is 1. The van der Waals surface area contributed by atoms with Crippen molar-refractivity contribution >= 4 is 11.6 Å². The summed E-state index contributed by atoms with van der Waals surface area (Å²) in [5, 5.41) is 6.15. The molecule has 110 valence electrons. The third-order valence-electron chi connectivity index (χ3n) is 3.74. The number of hydrogen-bond acceptors (Lipinski definition) is 3. The van der Waals surface area contributed by atoms with Crippen molar-refractivity contribution in [2.75, 3.05) is 25.0 Å². The maximum Gasteiger partial charge on any atom is 0.250 e. The fourth-order valence-electron chi connectivity index (χ4n) is 2.34. The summed E-state index contributed by atoms with van der Waals surface area (Å²) in [4.78, 5) is 12.1. The molecule has 4 heteroatoms. The molecule has 0 spiro atoms. The maximum atomic E-state index is 12.1. The van der Waals surface area contributed by atoms with E-state index in [1.807, 2.05) is 26.0 Å². The number of hydrogen-bond donors (Lipinski definition) is 2. The summed E-state index contributed by atoms with van der Waals surface area (Å²) < 4.78 is 5.67. The van der Waals surface area contributed by atoms with Gasteiger partial charge in [-0.1, -0.05) is 32.0 Å². The molecular weight excluding hydrogens is 252 g/mol. The summed E-state index contributed by atoms with van der Waals surface area (Å²) in [5.74, 6) is 0.286. The fourth-order valence-corrected chi connectivity index (χ4v) is 2.34. The van der Waals surface area contributed by atoms with Crippen LogP contribution in [-0.4, -0.2) is 31.2 Å². The largest absolute Gasteiger partial charge is 0.363 e. The predicted molar refractivity (Wildman–Crippen MR) is 81.1 cm³/mol. The lowest BCUT2D eigenvalue weighted by atomic mass is 9.98. The lowest BCUT2D eigenvalue weighted by Gasteiger charge is -2.38. The van der Waals surface area contributed by atoms with E-state index in [4.69, 9.17) is 4.74 Å². The van der Waals surface area contributed by atoms with E-state index in [1.165, 1.54) is 0 Å². The van der Waals surface area contributed by atoms with Crippen molar-refractivity contribution in [3.63, 3.8) is 0 Å². The Kier molecular flexibility index (Phi) is 4.45.